The number of rotatable bonds is 3. The van der Waals surface area contributed by atoms with Crippen LogP contribution in [0.15, 0.2) is 34.1 Å². The minimum absolute atomic E-state index is 0.111. The van der Waals surface area contributed by atoms with E-state index in [1.54, 1.807) is 23.6 Å². The molecule has 6 heteroatoms. The number of aromatic carboxylic acids is 1. The quantitative estimate of drug-likeness (QED) is 0.884. The van der Waals surface area contributed by atoms with Crippen molar-refractivity contribution in [3.63, 3.8) is 0 Å². The Kier molecular flexibility index (Phi) is 4.07. The average molecular weight is 348 g/mol. The molecule has 0 fully saturated rings. The zero-order chi connectivity index (χ0) is 13.3. The predicted molar refractivity (Wildman–Crippen MR) is 74.5 cm³/mol. The minimum atomic E-state index is -1.05. The Hall–Kier alpha value is -0.880. The molecular formula is C12H8BrClO3S. The van der Waals surface area contributed by atoms with E-state index in [-0.39, 0.29) is 5.56 Å². The summed E-state index contributed by atoms with van der Waals surface area (Å²) in [5.41, 5.74) is 0.659. The SMILES string of the molecule is O=C(O)c1ccsc1C(O)c1cc(Cl)ccc1Br. The van der Waals surface area contributed by atoms with E-state index in [9.17, 15) is 9.90 Å². The van der Waals surface area contributed by atoms with Crippen LogP contribution in [0.2, 0.25) is 5.02 Å². The number of hydrogen-bond donors (Lipinski definition) is 2. The molecule has 0 spiro atoms. The van der Waals surface area contributed by atoms with Crippen LogP contribution < -0.4 is 0 Å². The maximum absolute atomic E-state index is 11.0. The van der Waals surface area contributed by atoms with Gasteiger partial charge >= 0.3 is 5.97 Å². The second kappa shape index (κ2) is 5.40. The molecule has 3 nitrogen and oxygen atoms in total. The van der Waals surface area contributed by atoms with Crippen molar-refractivity contribution >= 4 is 44.8 Å². The third kappa shape index (κ3) is 2.59. The van der Waals surface area contributed by atoms with Crippen molar-refractivity contribution in [2.24, 2.45) is 0 Å². The van der Waals surface area contributed by atoms with Crippen molar-refractivity contribution in [1.82, 2.24) is 0 Å². The number of aliphatic hydroxyl groups excluding tert-OH is 1. The molecule has 0 saturated carbocycles. The summed E-state index contributed by atoms with van der Waals surface area (Å²) in [5, 5.41) is 21.4. The molecule has 1 heterocycles. The van der Waals surface area contributed by atoms with Gasteiger partial charge in [-0.1, -0.05) is 27.5 Å². The molecule has 1 aromatic heterocycles. The van der Waals surface area contributed by atoms with Crippen molar-refractivity contribution < 1.29 is 15.0 Å². The minimum Gasteiger partial charge on any atom is -0.478 e. The van der Waals surface area contributed by atoms with Gasteiger partial charge in [-0.05, 0) is 29.6 Å². The summed E-state index contributed by atoms with van der Waals surface area (Å²) in [6, 6.07) is 6.50. The van der Waals surface area contributed by atoms with Crippen LogP contribution in [0.3, 0.4) is 0 Å². The molecule has 1 atom stereocenters. The van der Waals surface area contributed by atoms with Crippen LogP contribution in [0, 0.1) is 0 Å². The molecule has 2 aromatic rings. The Balaban J connectivity index is 2.47. The highest BCUT2D eigenvalue weighted by Gasteiger charge is 2.22. The topological polar surface area (TPSA) is 57.5 Å². The first-order valence-electron chi connectivity index (χ1n) is 4.94. The van der Waals surface area contributed by atoms with E-state index in [2.05, 4.69) is 15.9 Å². The van der Waals surface area contributed by atoms with E-state index in [1.165, 1.54) is 17.4 Å². The molecule has 0 aliphatic carbocycles. The van der Waals surface area contributed by atoms with Gasteiger partial charge in [0.2, 0.25) is 0 Å². The summed E-state index contributed by atoms with van der Waals surface area (Å²) in [7, 11) is 0. The molecule has 18 heavy (non-hydrogen) atoms. The Labute approximate surface area is 121 Å². The lowest BCUT2D eigenvalue weighted by Gasteiger charge is -2.12. The number of carboxylic acids is 1. The van der Waals surface area contributed by atoms with Gasteiger partial charge in [-0.25, -0.2) is 4.79 Å². The number of aliphatic hydroxyl groups is 1. The average Bonchev–Trinajstić information content (AvgIpc) is 2.80. The fraction of sp³-hybridized carbons (Fsp3) is 0.0833. The van der Waals surface area contributed by atoms with E-state index >= 15 is 0 Å². The second-order valence-corrected chi connectivity index (χ2v) is 5.81. The Morgan fingerprint density at radius 3 is 2.78 bits per heavy atom. The van der Waals surface area contributed by atoms with Crippen LogP contribution in [0.25, 0.3) is 0 Å². The van der Waals surface area contributed by atoms with Crippen LogP contribution in [0.4, 0.5) is 0 Å². The van der Waals surface area contributed by atoms with Crippen LogP contribution >= 0.6 is 38.9 Å². The summed E-state index contributed by atoms with van der Waals surface area (Å²) in [5.74, 6) is -1.05. The van der Waals surface area contributed by atoms with E-state index in [1.807, 2.05) is 0 Å². The first kappa shape index (κ1) is 13.5. The smallest absolute Gasteiger partial charge is 0.336 e. The Bertz CT molecular complexity index is 597. The number of carboxylic acid groups (broad SMARTS) is 1. The molecule has 1 unspecified atom stereocenters. The van der Waals surface area contributed by atoms with Gasteiger partial charge in [0.25, 0.3) is 0 Å². The number of halogens is 2. The summed E-state index contributed by atoms with van der Waals surface area (Å²) in [6.45, 7) is 0. The van der Waals surface area contributed by atoms with Gasteiger partial charge in [-0.3, -0.25) is 0 Å². The van der Waals surface area contributed by atoms with Gasteiger partial charge in [-0.15, -0.1) is 11.3 Å². The number of carbonyl (C=O) groups is 1. The molecule has 0 bridgehead atoms. The zero-order valence-electron chi connectivity index (χ0n) is 8.93. The highest BCUT2D eigenvalue weighted by atomic mass is 79.9. The lowest BCUT2D eigenvalue weighted by Crippen LogP contribution is -2.05. The molecule has 0 aliphatic rings. The van der Waals surface area contributed by atoms with Crippen LogP contribution in [-0.4, -0.2) is 16.2 Å². The Morgan fingerprint density at radius 2 is 2.11 bits per heavy atom. The summed E-state index contributed by atoms with van der Waals surface area (Å²) in [4.78, 5) is 11.4. The molecule has 1 aromatic carbocycles. The molecule has 0 saturated heterocycles. The fourth-order valence-corrected chi connectivity index (χ4v) is 3.11. The monoisotopic (exact) mass is 346 g/mol. The molecule has 2 N–H and O–H groups in total. The second-order valence-electron chi connectivity index (χ2n) is 3.57. The zero-order valence-corrected chi connectivity index (χ0v) is 12.1. The lowest BCUT2D eigenvalue weighted by molar-refractivity contribution is 0.0692. The maximum Gasteiger partial charge on any atom is 0.336 e. The van der Waals surface area contributed by atoms with Crippen molar-refractivity contribution in [1.29, 1.82) is 0 Å². The summed E-state index contributed by atoms with van der Waals surface area (Å²) in [6.07, 6.45) is -1.01. The van der Waals surface area contributed by atoms with Crippen LogP contribution in [0.1, 0.15) is 26.9 Å². The molecular weight excluding hydrogens is 340 g/mol. The Morgan fingerprint density at radius 1 is 1.39 bits per heavy atom. The molecule has 94 valence electrons. The van der Waals surface area contributed by atoms with Crippen molar-refractivity contribution in [3.05, 3.63) is 55.1 Å². The summed E-state index contributed by atoms with van der Waals surface area (Å²) >= 11 is 10.4. The van der Waals surface area contributed by atoms with Crippen molar-refractivity contribution in [2.75, 3.05) is 0 Å². The first-order chi connectivity index (χ1) is 8.50. The number of hydrogen-bond acceptors (Lipinski definition) is 3. The van der Waals surface area contributed by atoms with Gasteiger partial charge in [0.1, 0.15) is 6.10 Å². The van der Waals surface area contributed by atoms with Gasteiger partial charge in [0.15, 0.2) is 0 Å². The maximum atomic E-state index is 11.0. The third-order valence-corrected chi connectivity index (χ3v) is 4.35. The van der Waals surface area contributed by atoms with Crippen molar-refractivity contribution in [2.45, 2.75) is 6.10 Å². The predicted octanol–water partition coefficient (Wildman–Crippen LogP) is 3.94. The van der Waals surface area contributed by atoms with Gasteiger partial charge in [-0.2, -0.15) is 0 Å². The first-order valence-corrected chi connectivity index (χ1v) is 6.99. The van der Waals surface area contributed by atoms with Gasteiger partial charge < -0.3 is 10.2 Å². The summed E-state index contributed by atoms with van der Waals surface area (Å²) < 4.78 is 0.684. The third-order valence-electron chi connectivity index (χ3n) is 2.43. The van der Waals surface area contributed by atoms with Crippen LogP contribution in [0.5, 0.6) is 0 Å². The van der Waals surface area contributed by atoms with E-state index < -0.39 is 12.1 Å². The molecule has 0 aliphatic heterocycles. The van der Waals surface area contributed by atoms with Gasteiger partial charge in [0.05, 0.1) is 10.4 Å². The van der Waals surface area contributed by atoms with Crippen molar-refractivity contribution in [3.8, 4) is 0 Å². The van der Waals surface area contributed by atoms with Gasteiger partial charge in [0, 0.05) is 15.1 Å². The largest absolute Gasteiger partial charge is 0.478 e. The lowest BCUT2D eigenvalue weighted by atomic mass is 10.1. The highest BCUT2D eigenvalue weighted by Crippen LogP contribution is 2.34. The highest BCUT2D eigenvalue weighted by molar-refractivity contribution is 9.10. The molecule has 0 amide bonds. The molecule has 2 rings (SSSR count). The van der Waals surface area contributed by atoms with E-state index in [4.69, 9.17) is 16.7 Å². The van der Waals surface area contributed by atoms with E-state index in [0.29, 0.717) is 19.9 Å². The van der Waals surface area contributed by atoms with E-state index in [0.717, 1.165) is 0 Å². The standard InChI is InChI=1S/C12H8BrClO3S/c13-9-2-1-6(14)5-8(9)10(15)11-7(12(16)17)3-4-18-11/h1-5,10,15H,(H,16,17). The fourth-order valence-electron chi connectivity index (χ4n) is 1.57. The number of benzene rings is 1. The van der Waals surface area contributed by atoms with Crippen LogP contribution in [-0.2, 0) is 0 Å². The number of thiophene rings is 1. The normalized spacial score (nSPS) is 12.4. The molecule has 0 radical (unpaired) electrons.